The molecule has 0 aromatic heterocycles. The van der Waals surface area contributed by atoms with Crippen molar-refractivity contribution in [3.05, 3.63) is 12.0 Å². The molecule has 0 saturated heterocycles. The van der Waals surface area contributed by atoms with Gasteiger partial charge in [-0.15, -0.1) is 0 Å². The van der Waals surface area contributed by atoms with Gasteiger partial charge in [-0.3, -0.25) is 0 Å². The Balaban J connectivity index is 4.54. The van der Waals surface area contributed by atoms with Gasteiger partial charge in [0.25, 0.3) is 0 Å². The van der Waals surface area contributed by atoms with E-state index >= 15 is 0 Å². The normalized spacial score (nSPS) is 22.2. The molecule has 0 spiro atoms. The zero-order valence-corrected chi connectivity index (χ0v) is 8.25. The van der Waals surface area contributed by atoms with Gasteiger partial charge in [0.2, 0.25) is 0 Å². The second-order valence-electron chi connectivity index (χ2n) is 3.22. The molecule has 0 radical (unpaired) electrons. The molecule has 96 valence electrons. The van der Waals surface area contributed by atoms with Crippen LogP contribution in [-0.4, -0.2) is 78.0 Å². The third kappa shape index (κ3) is 3.59. The summed E-state index contributed by atoms with van der Waals surface area (Å²) in [5.41, 5.74) is 0. The molecule has 5 atom stereocenters. The Kier molecular flexibility index (Phi) is 6.26. The Hall–Kier alpha value is -0.900. The van der Waals surface area contributed by atoms with Gasteiger partial charge in [-0.1, -0.05) is 0 Å². The molecule has 0 amide bonds. The minimum Gasteiger partial charge on any atom is -0.512 e. The van der Waals surface area contributed by atoms with E-state index in [1.807, 2.05) is 0 Å². The van der Waals surface area contributed by atoms with Crippen LogP contribution in [0.25, 0.3) is 0 Å². The largest absolute Gasteiger partial charge is 0.512 e. The topological polar surface area (TPSA) is 162 Å². The van der Waals surface area contributed by atoms with Gasteiger partial charge in [-0.05, 0) is 0 Å². The summed E-state index contributed by atoms with van der Waals surface area (Å²) in [5, 5.41) is 71.3. The second-order valence-corrected chi connectivity index (χ2v) is 3.22. The van der Waals surface area contributed by atoms with Crippen molar-refractivity contribution in [2.75, 3.05) is 6.61 Å². The molecule has 0 saturated carbocycles. The van der Waals surface area contributed by atoms with Gasteiger partial charge >= 0.3 is 0 Å². The molecule has 0 aromatic carbocycles. The van der Waals surface area contributed by atoms with Crippen LogP contribution < -0.4 is 0 Å². The van der Waals surface area contributed by atoms with Crippen molar-refractivity contribution in [3.63, 3.8) is 0 Å². The van der Waals surface area contributed by atoms with Crippen molar-refractivity contribution < 1.29 is 40.9 Å². The van der Waals surface area contributed by atoms with E-state index in [2.05, 4.69) is 0 Å². The second kappa shape index (κ2) is 6.63. The number of hydrogen-bond donors (Lipinski definition) is 8. The van der Waals surface area contributed by atoms with E-state index < -0.39 is 42.9 Å². The Morgan fingerprint density at radius 3 is 1.81 bits per heavy atom. The average Bonchev–Trinajstić information content (AvgIpc) is 2.32. The number of aliphatic hydroxyl groups is 8. The molecular formula is C8H16O8. The summed E-state index contributed by atoms with van der Waals surface area (Å²) in [6.07, 6.45) is -9.60. The fourth-order valence-corrected chi connectivity index (χ4v) is 0.976. The molecule has 8 N–H and O–H groups in total. The van der Waals surface area contributed by atoms with E-state index in [-0.39, 0.29) is 6.26 Å². The molecule has 0 heterocycles. The first-order chi connectivity index (χ1) is 7.36. The quantitative estimate of drug-likeness (QED) is 0.224. The van der Waals surface area contributed by atoms with Crippen LogP contribution in [0.5, 0.6) is 0 Å². The Labute approximate surface area is 91.0 Å². The first kappa shape index (κ1) is 15.1. The van der Waals surface area contributed by atoms with Crippen molar-refractivity contribution >= 4 is 0 Å². The van der Waals surface area contributed by atoms with E-state index in [0.29, 0.717) is 0 Å². The van der Waals surface area contributed by atoms with Crippen molar-refractivity contribution in [1.29, 1.82) is 0 Å². The fraction of sp³-hybridized carbons (Fsp3) is 0.750. The highest BCUT2D eigenvalue weighted by Crippen LogP contribution is 2.12. The van der Waals surface area contributed by atoms with E-state index in [1.165, 1.54) is 0 Å². The zero-order chi connectivity index (χ0) is 12.9. The molecule has 0 aromatic rings. The van der Waals surface area contributed by atoms with Gasteiger partial charge < -0.3 is 40.9 Å². The van der Waals surface area contributed by atoms with E-state index in [0.717, 1.165) is 0 Å². The van der Waals surface area contributed by atoms with Crippen LogP contribution in [0.3, 0.4) is 0 Å². The highest BCUT2D eigenvalue weighted by Gasteiger charge is 2.35. The molecule has 8 heteroatoms. The number of rotatable bonds is 6. The molecule has 0 rings (SSSR count). The minimum absolute atomic E-state index is 0.107. The van der Waals surface area contributed by atoms with Crippen molar-refractivity contribution in [3.8, 4) is 0 Å². The van der Waals surface area contributed by atoms with Crippen LogP contribution in [-0.2, 0) is 0 Å². The SMILES string of the molecule is OC=C(O)[C@@H](O)[C@@H](O)[C@H](O)[C@H](O)[C@@H](O)CO. The van der Waals surface area contributed by atoms with Crippen molar-refractivity contribution in [1.82, 2.24) is 0 Å². The summed E-state index contributed by atoms with van der Waals surface area (Å²) in [4.78, 5) is 0. The average molecular weight is 240 g/mol. The lowest BCUT2D eigenvalue weighted by molar-refractivity contribution is -0.138. The van der Waals surface area contributed by atoms with E-state index in [4.69, 9.17) is 30.6 Å². The number of hydrogen-bond acceptors (Lipinski definition) is 8. The smallest absolute Gasteiger partial charge is 0.158 e. The lowest BCUT2D eigenvalue weighted by Crippen LogP contribution is -2.50. The van der Waals surface area contributed by atoms with Crippen molar-refractivity contribution in [2.45, 2.75) is 30.5 Å². The third-order valence-electron chi connectivity index (χ3n) is 2.04. The van der Waals surface area contributed by atoms with Crippen LogP contribution in [0.2, 0.25) is 0 Å². The predicted molar refractivity (Wildman–Crippen MR) is 50.5 cm³/mol. The summed E-state index contributed by atoms with van der Waals surface area (Å²) in [6.45, 7) is -0.858. The molecular weight excluding hydrogens is 224 g/mol. The summed E-state index contributed by atoms with van der Waals surface area (Å²) < 4.78 is 0. The van der Waals surface area contributed by atoms with Gasteiger partial charge in [-0.25, -0.2) is 0 Å². The fourth-order valence-electron chi connectivity index (χ4n) is 0.976. The van der Waals surface area contributed by atoms with Crippen molar-refractivity contribution in [2.24, 2.45) is 0 Å². The Bertz CT molecular complexity index is 230. The maximum absolute atomic E-state index is 9.25. The van der Waals surface area contributed by atoms with Crippen LogP contribution in [0.4, 0.5) is 0 Å². The lowest BCUT2D eigenvalue weighted by atomic mass is 9.99. The van der Waals surface area contributed by atoms with Crippen LogP contribution in [0.1, 0.15) is 0 Å². The molecule has 16 heavy (non-hydrogen) atoms. The molecule has 0 bridgehead atoms. The molecule has 0 unspecified atom stereocenters. The van der Waals surface area contributed by atoms with Crippen LogP contribution in [0.15, 0.2) is 12.0 Å². The summed E-state index contributed by atoms with van der Waals surface area (Å²) in [7, 11) is 0. The summed E-state index contributed by atoms with van der Waals surface area (Å²) >= 11 is 0. The minimum atomic E-state index is -2.04. The summed E-state index contributed by atoms with van der Waals surface area (Å²) in [5.74, 6) is -1.02. The third-order valence-corrected chi connectivity index (χ3v) is 2.04. The zero-order valence-electron chi connectivity index (χ0n) is 8.25. The summed E-state index contributed by atoms with van der Waals surface area (Å²) in [6, 6.07) is 0. The van der Waals surface area contributed by atoms with Gasteiger partial charge in [0.15, 0.2) is 5.76 Å². The number of aliphatic hydroxyl groups excluding tert-OH is 8. The monoisotopic (exact) mass is 240 g/mol. The maximum Gasteiger partial charge on any atom is 0.158 e. The van der Waals surface area contributed by atoms with E-state index in [1.54, 1.807) is 0 Å². The molecule has 0 fully saturated rings. The van der Waals surface area contributed by atoms with Crippen LogP contribution >= 0.6 is 0 Å². The first-order valence-corrected chi connectivity index (χ1v) is 4.41. The van der Waals surface area contributed by atoms with Gasteiger partial charge in [0, 0.05) is 0 Å². The molecule has 8 nitrogen and oxygen atoms in total. The molecule has 0 aliphatic heterocycles. The lowest BCUT2D eigenvalue weighted by Gasteiger charge is -2.27. The first-order valence-electron chi connectivity index (χ1n) is 4.41. The van der Waals surface area contributed by atoms with Gasteiger partial charge in [0.05, 0.1) is 6.61 Å². The predicted octanol–water partition coefficient (Wildman–Crippen LogP) is -3.26. The van der Waals surface area contributed by atoms with Crippen LogP contribution in [0, 0.1) is 0 Å². The van der Waals surface area contributed by atoms with Gasteiger partial charge in [-0.2, -0.15) is 0 Å². The highest BCUT2D eigenvalue weighted by molar-refractivity contribution is 4.99. The highest BCUT2D eigenvalue weighted by atomic mass is 16.4. The van der Waals surface area contributed by atoms with Gasteiger partial charge in [0.1, 0.15) is 36.8 Å². The standard InChI is InChI=1S/C8H16O8/c9-1-3(11)5(13)7(15)8(16)6(14)4(12)2-10/h1,4-16H,2H2/t4-,5+,6+,7+,8+/m0/s1. The Morgan fingerprint density at radius 2 is 1.44 bits per heavy atom. The molecule has 0 aliphatic rings. The molecule has 0 aliphatic carbocycles. The Morgan fingerprint density at radius 1 is 0.938 bits per heavy atom. The van der Waals surface area contributed by atoms with E-state index in [9.17, 15) is 10.2 Å². The maximum atomic E-state index is 9.25.